The lowest BCUT2D eigenvalue weighted by molar-refractivity contribution is 0.595. The quantitative estimate of drug-likeness (QED) is 0.754. The molecule has 1 aliphatic carbocycles. The maximum absolute atomic E-state index is 11.7. The van der Waals surface area contributed by atoms with E-state index in [1.807, 2.05) is 27.0 Å². The van der Waals surface area contributed by atoms with Crippen LogP contribution in [-0.2, 0) is 11.0 Å². The third-order valence-electron chi connectivity index (χ3n) is 2.42. The van der Waals surface area contributed by atoms with E-state index in [1.165, 1.54) is 37.7 Å². The van der Waals surface area contributed by atoms with Crippen LogP contribution in [0.25, 0.3) is 0 Å². The summed E-state index contributed by atoms with van der Waals surface area (Å²) in [6.45, 7) is 5.94. The first-order valence-electron chi connectivity index (χ1n) is 5.36. The van der Waals surface area contributed by atoms with Crippen molar-refractivity contribution in [1.82, 2.24) is 4.72 Å². The average molecular weight is 215 g/mol. The fourth-order valence-corrected chi connectivity index (χ4v) is 2.09. The molecule has 3 heteroatoms. The molecule has 0 amide bonds. The third-order valence-corrected chi connectivity index (χ3v) is 3.87. The van der Waals surface area contributed by atoms with Crippen molar-refractivity contribution in [2.24, 2.45) is 0 Å². The highest BCUT2D eigenvalue weighted by atomic mass is 32.2. The molecule has 1 fully saturated rings. The van der Waals surface area contributed by atoms with E-state index < -0.39 is 11.0 Å². The summed E-state index contributed by atoms with van der Waals surface area (Å²) in [7, 11) is -0.965. The summed E-state index contributed by atoms with van der Waals surface area (Å²) >= 11 is 0. The molecule has 1 saturated carbocycles. The predicted octanol–water partition coefficient (Wildman–Crippen LogP) is 2.89. The number of rotatable bonds is 2. The Bertz CT molecular complexity index is 232. The Morgan fingerprint density at radius 3 is 2.29 bits per heavy atom. The average Bonchev–Trinajstić information content (AvgIpc) is 2.14. The van der Waals surface area contributed by atoms with Gasteiger partial charge in [0.05, 0.1) is 4.75 Å². The Balaban J connectivity index is 2.41. The summed E-state index contributed by atoms with van der Waals surface area (Å²) in [6.07, 6.45) is 8.24. The van der Waals surface area contributed by atoms with Crippen LogP contribution < -0.4 is 4.72 Å². The second kappa shape index (κ2) is 4.96. The van der Waals surface area contributed by atoms with E-state index in [9.17, 15) is 4.21 Å². The maximum Gasteiger partial charge on any atom is 0.122 e. The van der Waals surface area contributed by atoms with Crippen LogP contribution in [0.2, 0.25) is 0 Å². The van der Waals surface area contributed by atoms with Crippen molar-refractivity contribution >= 4 is 11.0 Å². The summed E-state index contributed by atoms with van der Waals surface area (Å²) in [4.78, 5) is 0. The molecule has 1 aliphatic rings. The lowest BCUT2D eigenvalue weighted by Gasteiger charge is -2.19. The number of nitrogens with one attached hydrogen (secondary N) is 1. The molecule has 1 N–H and O–H groups in total. The molecule has 1 atom stereocenters. The summed E-state index contributed by atoms with van der Waals surface area (Å²) in [5.74, 6) is 0. The maximum atomic E-state index is 11.7. The molecule has 0 saturated heterocycles. The zero-order valence-electron chi connectivity index (χ0n) is 9.43. The molecule has 0 aromatic heterocycles. The highest BCUT2D eigenvalue weighted by molar-refractivity contribution is 7.84. The second-order valence-electron chi connectivity index (χ2n) is 4.86. The van der Waals surface area contributed by atoms with Crippen LogP contribution in [0.4, 0.5) is 0 Å². The van der Waals surface area contributed by atoms with Crippen molar-refractivity contribution in [2.45, 2.75) is 57.6 Å². The van der Waals surface area contributed by atoms with Crippen molar-refractivity contribution in [3.8, 4) is 0 Å². The molecule has 1 rings (SSSR count). The summed E-state index contributed by atoms with van der Waals surface area (Å²) in [5.41, 5.74) is 1.42. The molecule has 0 aromatic rings. The largest absolute Gasteiger partial charge is 0.312 e. The molecule has 14 heavy (non-hydrogen) atoms. The molecule has 82 valence electrons. The third kappa shape index (κ3) is 3.82. The Hall–Kier alpha value is -0.310. The van der Waals surface area contributed by atoms with Crippen LogP contribution in [-0.4, -0.2) is 8.96 Å². The molecular formula is C11H21NOS. The van der Waals surface area contributed by atoms with Crippen LogP contribution in [0.1, 0.15) is 52.9 Å². The standard InChI is InChI=1S/C11H21NOS/c1-11(2,3)14(13)12-9-10-7-5-4-6-8-10/h9,12H,4-8H2,1-3H3. The zero-order valence-corrected chi connectivity index (χ0v) is 10.2. The molecule has 0 aliphatic heterocycles. The molecule has 1 unspecified atom stereocenters. The summed E-state index contributed by atoms with van der Waals surface area (Å²) in [5, 5.41) is 0. The summed E-state index contributed by atoms with van der Waals surface area (Å²) in [6, 6.07) is 0. The van der Waals surface area contributed by atoms with Gasteiger partial charge in [-0.3, -0.25) is 0 Å². The highest BCUT2D eigenvalue weighted by Gasteiger charge is 2.18. The molecule has 0 radical (unpaired) electrons. The lowest BCUT2D eigenvalue weighted by atomic mass is 9.96. The molecular weight excluding hydrogens is 194 g/mol. The monoisotopic (exact) mass is 215 g/mol. The Morgan fingerprint density at radius 2 is 1.79 bits per heavy atom. The predicted molar refractivity (Wildman–Crippen MR) is 62.2 cm³/mol. The zero-order chi connectivity index (χ0) is 10.6. The Labute approximate surface area is 89.8 Å². The van der Waals surface area contributed by atoms with Gasteiger partial charge in [-0.25, -0.2) is 4.21 Å². The van der Waals surface area contributed by atoms with Gasteiger partial charge in [-0.05, 0) is 46.5 Å². The van der Waals surface area contributed by atoms with Gasteiger partial charge >= 0.3 is 0 Å². The molecule has 0 spiro atoms. The van der Waals surface area contributed by atoms with Crippen molar-refractivity contribution in [3.05, 3.63) is 11.8 Å². The van der Waals surface area contributed by atoms with E-state index in [-0.39, 0.29) is 4.75 Å². The minimum absolute atomic E-state index is 0.175. The van der Waals surface area contributed by atoms with Gasteiger partial charge < -0.3 is 4.72 Å². The van der Waals surface area contributed by atoms with Crippen LogP contribution in [0.15, 0.2) is 11.8 Å². The minimum atomic E-state index is -0.965. The van der Waals surface area contributed by atoms with Crippen LogP contribution >= 0.6 is 0 Å². The van der Waals surface area contributed by atoms with Crippen molar-refractivity contribution < 1.29 is 4.21 Å². The summed E-state index contributed by atoms with van der Waals surface area (Å²) < 4.78 is 14.5. The topological polar surface area (TPSA) is 29.1 Å². The van der Waals surface area contributed by atoms with Gasteiger partial charge in [0.1, 0.15) is 11.0 Å². The van der Waals surface area contributed by atoms with E-state index in [4.69, 9.17) is 0 Å². The van der Waals surface area contributed by atoms with Crippen molar-refractivity contribution in [3.63, 3.8) is 0 Å². The van der Waals surface area contributed by atoms with Crippen molar-refractivity contribution in [2.75, 3.05) is 0 Å². The van der Waals surface area contributed by atoms with Gasteiger partial charge in [0.25, 0.3) is 0 Å². The van der Waals surface area contributed by atoms with Crippen molar-refractivity contribution in [1.29, 1.82) is 0 Å². The minimum Gasteiger partial charge on any atom is -0.312 e. The van der Waals surface area contributed by atoms with Gasteiger partial charge in [0.15, 0.2) is 0 Å². The van der Waals surface area contributed by atoms with Gasteiger partial charge in [0.2, 0.25) is 0 Å². The molecule has 0 heterocycles. The molecule has 0 aromatic carbocycles. The molecule has 2 nitrogen and oxygen atoms in total. The number of hydrogen-bond acceptors (Lipinski definition) is 1. The van der Waals surface area contributed by atoms with E-state index in [1.54, 1.807) is 0 Å². The van der Waals surface area contributed by atoms with Gasteiger partial charge in [-0.2, -0.15) is 0 Å². The number of allylic oxidation sites excluding steroid dienone is 1. The van der Waals surface area contributed by atoms with Crippen LogP contribution in [0.3, 0.4) is 0 Å². The fourth-order valence-electron chi connectivity index (χ4n) is 1.46. The Morgan fingerprint density at radius 1 is 1.21 bits per heavy atom. The first-order valence-corrected chi connectivity index (χ1v) is 6.51. The van der Waals surface area contributed by atoms with Gasteiger partial charge in [0, 0.05) is 6.20 Å². The van der Waals surface area contributed by atoms with Crippen LogP contribution in [0.5, 0.6) is 0 Å². The van der Waals surface area contributed by atoms with E-state index >= 15 is 0 Å². The lowest BCUT2D eigenvalue weighted by Crippen LogP contribution is -2.30. The number of hydrogen-bond donors (Lipinski definition) is 1. The second-order valence-corrected chi connectivity index (χ2v) is 6.86. The SMILES string of the molecule is CC(C)(C)S(=O)NC=C1CCCCC1. The fraction of sp³-hybridized carbons (Fsp3) is 0.818. The Kier molecular flexibility index (Phi) is 4.17. The van der Waals surface area contributed by atoms with Gasteiger partial charge in [-0.1, -0.05) is 12.0 Å². The van der Waals surface area contributed by atoms with Gasteiger partial charge in [-0.15, -0.1) is 0 Å². The first-order chi connectivity index (χ1) is 6.50. The van der Waals surface area contributed by atoms with E-state index in [0.29, 0.717) is 0 Å². The smallest absolute Gasteiger partial charge is 0.122 e. The highest BCUT2D eigenvalue weighted by Crippen LogP contribution is 2.22. The van der Waals surface area contributed by atoms with Crippen LogP contribution in [0, 0.1) is 0 Å². The van der Waals surface area contributed by atoms with E-state index in [2.05, 4.69) is 4.72 Å². The van der Waals surface area contributed by atoms with E-state index in [0.717, 1.165) is 0 Å². The molecule has 0 bridgehead atoms. The first kappa shape index (κ1) is 11.8. The normalized spacial score (nSPS) is 20.4.